The van der Waals surface area contributed by atoms with Crippen molar-refractivity contribution in [2.45, 2.75) is 64.6 Å². The summed E-state index contributed by atoms with van der Waals surface area (Å²) in [6, 6.07) is 0.932. The maximum absolute atomic E-state index is 5.99. The van der Waals surface area contributed by atoms with E-state index in [9.17, 15) is 0 Å². The van der Waals surface area contributed by atoms with Gasteiger partial charge in [-0.05, 0) is 52.1 Å². The number of nitrogens with zero attached hydrogens (tertiary/aromatic N) is 4. The Hall–Kier alpha value is -0.940. The fraction of sp³-hybridized carbons (Fsp3) is 0.867. The number of piperidine rings is 1. The predicted molar refractivity (Wildman–Crippen MR) is 79.5 cm³/mol. The van der Waals surface area contributed by atoms with Gasteiger partial charge in [0, 0.05) is 24.9 Å². The highest BCUT2D eigenvalue weighted by Gasteiger charge is 2.24. The Bertz CT molecular complexity index is 445. The van der Waals surface area contributed by atoms with Gasteiger partial charge in [0.2, 0.25) is 0 Å². The van der Waals surface area contributed by atoms with Crippen LogP contribution in [0.25, 0.3) is 0 Å². The van der Waals surface area contributed by atoms with Crippen LogP contribution in [-0.2, 0) is 19.4 Å². The third kappa shape index (κ3) is 3.04. The Morgan fingerprint density at radius 3 is 2.70 bits per heavy atom. The van der Waals surface area contributed by atoms with Crippen LogP contribution in [0.5, 0.6) is 0 Å². The van der Waals surface area contributed by atoms with Crippen LogP contribution in [0, 0.1) is 5.92 Å². The van der Waals surface area contributed by atoms with Crippen molar-refractivity contribution in [3.05, 3.63) is 11.6 Å². The van der Waals surface area contributed by atoms with Gasteiger partial charge in [-0.3, -0.25) is 0 Å². The summed E-state index contributed by atoms with van der Waals surface area (Å²) < 4.78 is 2.03. The summed E-state index contributed by atoms with van der Waals surface area (Å²) in [5, 5.41) is 4.66. The van der Waals surface area contributed by atoms with Crippen molar-refractivity contribution in [3.63, 3.8) is 0 Å². The van der Waals surface area contributed by atoms with E-state index in [0.717, 1.165) is 43.4 Å². The Labute approximate surface area is 121 Å². The molecule has 1 aromatic rings. The van der Waals surface area contributed by atoms with Crippen LogP contribution in [0.4, 0.5) is 0 Å². The van der Waals surface area contributed by atoms with E-state index in [1.807, 2.05) is 4.68 Å². The monoisotopic (exact) mass is 277 g/mol. The molecule has 20 heavy (non-hydrogen) atoms. The van der Waals surface area contributed by atoms with E-state index in [2.05, 4.69) is 23.8 Å². The van der Waals surface area contributed by atoms with Crippen LogP contribution in [-0.4, -0.2) is 44.8 Å². The molecule has 112 valence electrons. The van der Waals surface area contributed by atoms with Crippen molar-refractivity contribution < 1.29 is 0 Å². The molecular weight excluding hydrogens is 250 g/mol. The zero-order valence-corrected chi connectivity index (χ0v) is 12.8. The largest absolute Gasteiger partial charge is 0.326 e. The van der Waals surface area contributed by atoms with E-state index in [1.165, 1.54) is 25.9 Å². The summed E-state index contributed by atoms with van der Waals surface area (Å²) in [6.45, 7) is 7.86. The normalized spacial score (nSPS) is 25.1. The standard InChI is InChI=1S/C15H27N5/c1-11(2)19-7-5-12(6-8-19)9-14-17-15-4-3-13(16)10-20(15)18-14/h11-13H,3-10,16H2,1-2H3. The molecule has 1 aromatic heterocycles. The first-order chi connectivity index (χ1) is 9.61. The molecule has 0 amide bonds. The molecule has 0 aliphatic carbocycles. The summed E-state index contributed by atoms with van der Waals surface area (Å²) in [5.74, 6) is 2.93. The Kier molecular flexibility index (Phi) is 4.08. The molecule has 2 aliphatic rings. The molecule has 2 N–H and O–H groups in total. The number of aryl methyl sites for hydroxylation is 1. The molecule has 0 radical (unpaired) electrons. The van der Waals surface area contributed by atoms with Gasteiger partial charge >= 0.3 is 0 Å². The molecule has 2 aliphatic heterocycles. The summed E-state index contributed by atoms with van der Waals surface area (Å²) in [7, 11) is 0. The average molecular weight is 277 g/mol. The second kappa shape index (κ2) is 5.82. The lowest BCUT2D eigenvalue weighted by molar-refractivity contribution is 0.148. The molecule has 3 rings (SSSR count). The molecule has 1 atom stereocenters. The number of rotatable bonds is 3. The Balaban J connectivity index is 1.57. The Morgan fingerprint density at radius 1 is 1.25 bits per heavy atom. The summed E-state index contributed by atoms with van der Waals surface area (Å²) in [6.07, 6.45) is 5.63. The van der Waals surface area contributed by atoms with Gasteiger partial charge in [-0.25, -0.2) is 9.67 Å². The molecule has 0 spiro atoms. The van der Waals surface area contributed by atoms with Crippen LogP contribution in [0.2, 0.25) is 0 Å². The van der Waals surface area contributed by atoms with Crippen LogP contribution in [0.15, 0.2) is 0 Å². The van der Waals surface area contributed by atoms with Crippen molar-refractivity contribution in [2.75, 3.05) is 13.1 Å². The number of nitrogens with two attached hydrogens (primary N) is 1. The van der Waals surface area contributed by atoms with Crippen LogP contribution in [0.1, 0.15) is 44.8 Å². The molecule has 0 saturated carbocycles. The van der Waals surface area contributed by atoms with Crippen molar-refractivity contribution in [1.29, 1.82) is 0 Å². The average Bonchev–Trinajstić information content (AvgIpc) is 2.80. The maximum atomic E-state index is 5.99. The number of hydrogen-bond donors (Lipinski definition) is 1. The molecule has 3 heterocycles. The third-order valence-corrected chi connectivity index (χ3v) is 4.79. The van der Waals surface area contributed by atoms with Crippen molar-refractivity contribution in [3.8, 4) is 0 Å². The van der Waals surface area contributed by atoms with Gasteiger partial charge in [0.05, 0.1) is 6.54 Å². The zero-order valence-electron chi connectivity index (χ0n) is 12.8. The number of aromatic nitrogens is 3. The Morgan fingerprint density at radius 2 is 2.00 bits per heavy atom. The molecule has 1 unspecified atom stereocenters. The van der Waals surface area contributed by atoms with Gasteiger partial charge in [-0.15, -0.1) is 0 Å². The van der Waals surface area contributed by atoms with E-state index in [0.29, 0.717) is 6.04 Å². The van der Waals surface area contributed by atoms with Crippen molar-refractivity contribution in [2.24, 2.45) is 11.7 Å². The van der Waals surface area contributed by atoms with Crippen molar-refractivity contribution in [1.82, 2.24) is 19.7 Å². The lowest BCUT2D eigenvalue weighted by Gasteiger charge is -2.34. The van der Waals surface area contributed by atoms with Crippen LogP contribution >= 0.6 is 0 Å². The second-order valence-electron chi connectivity index (χ2n) is 6.70. The molecule has 0 aromatic carbocycles. The fourth-order valence-corrected chi connectivity index (χ4v) is 3.40. The highest BCUT2D eigenvalue weighted by atomic mass is 15.4. The second-order valence-corrected chi connectivity index (χ2v) is 6.70. The smallest absolute Gasteiger partial charge is 0.151 e. The van der Waals surface area contributed by atoms with Gasteiger partial charge in [-0.1, -0.05) is 0 Å². The lowest BCUT2D eigenvalue weighted by Crippen LogP contribution is -2.38. The topological polar surface area (TPSA) is 60.0 Å². The molecule has 1 fully saturated rings. The molecular formula is C15H27N5. The quantitative estimate of drug-likeness (QED) is 0.902. The summed E-state index contributed by atoms with van der Waals surface area (Å²) >= 11 is 0. The van der Waals surface area contributed by atoms with E-state index in [1.54, 1.807) is 0 Å². The van der Waals surface area contributed by atoms with E-state index >= 15 is 0 Å². The van der Waals surface area contributed by atoms with E-state index in [4.69, 9.17) is 10.7 Å². The number of fused-ring (bicyclic) bond motifs is 1. The van der Waals surface area contributed by atoms with Gasteiger partial charge < -0.3 is 10.6 Å². The summed E-state index contributed by atoms with van der Waals surface area (Å²) in [4.78, 5) is 7.29. The number of likely N-dealkylation sites (tertiary alicyclic amines) is 1. The summed E-state index contributed by atoms with van der Waals surface area (Å²) in [5.41, 5.74) is 5.99. The van der Waals surface area contributed by atoms with Gasteiger partial charge in [0.15, 0.2) is 5.82 Å². The van der Waals surface area contributed by atoms with Gasteiger partial charge in [0.1, 0.15) is 5.82 Å². The van der Waals surface area contributed by atoms with Crippen LogP contribution in [0.3, 0.4) is 0 Å². The van der Waals surface area contributed by atoms with Gasteiger partial charge in [-0.2, -0.15) is 5.10 Å². The first kappa shape index (κ1) is 14.0. The fourth-order valence-electron chi connectivity index (χ4n) is 3.40. The van der Waals surface area contributed by atoms with Gasteiger partial charge in [0.25, 0.3) is 0 Å². The number of hydrogen-bond acceptors (Lipinski definition) is 4. The highest BCUT2D eigenvalue weighted by molar-refractivity contribution is 4.99. The third-order valence-electron chi connectivity index (χ3n) is 4.79. The minimum Gasteiger partial charge on any atom is -0.326 e. The molecule has 5 nitrogen and oxygen atoms in total. The molecule has 0 bridgehead atoms. The minimum absolute atomic E-state index is 0.256. The first-order valence-electron chi connectivity index (χ1n) is 8.04. The zero-order chi connectivity index (χ0) is 14.1. The van der Waals surface area contributed by atoms with E-state index < -0.39 is 0 Å². The highest BCUT2D eigenvalue weighted by Crippen LogP contribution is 2.22. The minimum atomic E-state index is 0.256. The lowest BCUT2D eigenvalue weighted by atomic mass is 9.93. The van der Waals surface area contributed by atoms with E-state index in [-0.39, 0.29) is 6.04 Å². The predicted octanol–water partition coefficient (Wildman–Crippen LogP) is 1.21. The molecule has 5 heteroatoms. The molecule has 1 saturated heterocycles. The van der Waals surface area contributed by atoms with Crippen LogP contribution < -0.4 is 5.73 Å². The SMILES string of the molecule is CC(C)N1CCC(Cc2nc3n(n2)CC(N)CC3)CC1. The van der Waals surface area contributed by atoms with Crippen molar-refractivity contribution >= 4 is 0 Å². The first-order valence-corrected chi connectivity index (χ1v) is 8.04. The maximum Gasteiger partial charge on any atom is 0.151 e.